The normalized spacial score (nSPS) is 16.1. The van der Waals surface area contributed by atoms with Crippen molar-refractivity contribution in [1.29, 1.82) is 0 Å². The predicted molar refractivity (Wildman–Crippen MR) is 157 cm³/mol. The van der Waals surface area contributed by atoms with Crippen LogP contribution in [0.5, 0.6) is 0 Å². The van der Waals surface area contributed by atoms with Crippen molar-refractivity contribution >= 4 is 29.4 Å². The van der Waals surface area contributed by atoms with Gasteiger partial charge in [0, 0.05) is 36.8 Å². The zero-order chi connectivity index (χ0) is 33.4. The maximum atomic E-state index is 13.9. The summed E-state index contributed by atoms with van der Waals surface area (Å²) in [7, 11) is 0. The number of nitrogens with one attached hydrogen (secondary N) is 3. The smallest absolute Gasteiger partial charge is 0.417 e. The van der Waals surface area contributed by atoms with Crippen LogP contribution >= 0.6 is 0 Å². The summed E-state index contributed by atoms with van der Waals surface area (Å²) in [5.74, 6) is -3.05. The number of hydrogen-bond acceptors (Lipinski definition) is 8. The van der Waals surface area contributed by atoms with Crippen LogP contribution in [-0.2, 0) is 31.9 Å². The Bertz CT molecular complexity index is 1670. The van der Waals surface area contributed by atoms with E-state index in [1.54, 1.807) is 24.3 Å². The highest BCUT2D eigenvalue weighted by Crippen LogP contribution is 2.31. The lowest BCUT2D eigenvalue weighted by atomic mass is 9.97. The SMILES string of the molecule is CC[C@@H](C(=O)N[C@H](/C=C/C(=O)OCc1ccccc1)C[C@@H]1CCNC1=O)n1cc(C(F)(F)F)cc(NC(=O)c2cc(C)on2)c1=O. The summed E-state index contributed by atoms with van der Waals surface area (Å²) in [5, 5.41) is 11.0. The first-order chi connectivity index (χ1) is 21.8. The molecule has 0 bridgehead atoms. The monoisotopic (exact) mass is 643 g/mol. The minimum atomic E-state index is -4.94. The molecule has 0 unspecified atom stereocenters. The molecule has 2 aromatic heterocycles. The average Bonchev–Trinajstić information content (AvgIpc) is 3.64. The molecule has 0 aliphatic carbocycles. The molecule has 46 heavy (non-hydrogen) atoms. The number of pyridine rings is 1. The Morgan fingerprint density at radius 2 is 1.93 bits per heavy atom. The number of aromatic nitrogens is 2. The molecular formula is C31H32F3N5O7. The van der Waals surface area contributed by atoms with E-state index in [1.807, 2.05) is 6.07 Å². The maximum absolute atomic E-state index is 13.9. The van der Waals surface area contributed by atoms with Crippen LogP contribution in [0.1, 0.15) is 59.6 Å². The lowest BCUT2D eigenvalue weighted by Crippen LogP contribution is -2.43. The molecule has 3 heterocycles. The topological polar surface area (TPSA) is 162 Å². The third-order valence-electron chi connectivity index (χ3n) is 7.22. The first kappa shape index (κ1) is 33.7. The number of alkyl halides is 3. The molecule has 0 spiro atoms. The summed E-state index contributed by atoms with van der Waals surface area (Å²) in [4.78, 5) is 64.2. The Morgan fingerprint density at radius 3 is 2.54 bits per heavy atom. The lowest BCUT2D eigenvalue weighted by Gasteiger charge is -2.24. The van der Waals surface area contributed by atoms with E-state index >= 15 is 0 Å². The quantitative estimate of drug-likeness (QED) is 0.199. The molecule has 4 rings (SSSR count). The Morgan fingerprint density at radius 1 is 1.20 bits per heavy atom. The summed E-state index contributed by atoms with van der Waals surface area (Å²) in [6, 6.07) is 8.24. The molecule has 12 nitrogen and oxygen atoms in total. The van der Waals surface area contributed by atoms with E-state index < -0.39 is 58.8 Å². The minimum absolute atomic E-state index is 0.00240. The number of anilines is 1. The highest BCUT2D eigenvalue weighted by atomic mass is 19.4. The van der Waals surface area contributed by atoms with Crippen molar-refractivity contribution in [2.24, 2.45) is 5.92 Å². The zero-order valence-corrected chi connectivity index (χ0v) is 24.9. The van der Waals surface area contributed by atoms with Gasteiger partial charge in [-0.15, -0.1) is 0 Å². The molecule has 3 amide bonds. The number of esters is 1. The minimum Gasteiger partial charge on any atom is -0.458 e. The Labute approximate surface area is 261 Å². The van der Waals surface area contributed by atoms with Gasteiger partial charge in [-0.3, -0.25) is 19.2 Å². The van der Waals surface area contributed by atoms with Crippen molar-refractivity contribution in [3.05, 3.63) is 93.7 Å². The fraction of sp³-hybridized carbons (Fsp3) is 0.355. The summed E-state index contributed by atoms with van der Waals surface area (Å²) in [6.07, 6.45) is -1.58. The van der Waals surface area contributed by atoms with Crippen LogP contribution < -0.4 is 21.5 Å². The number of ether oxygens (including phenoxy) is 1. The highest BCUT2D eigenvalue weighted by Gasteiger charge is 2.35. The molecular weight excluding hydrogens is 611 g/mol. The van der Waals surface area contributed by atoms with Crippen LogP contribution in [0.25, 0.3) is 0 Å². The number of aryl methyl sites for hydroxylation is 1. The summed E-state index contributed by atoms with van der Waals surface area (Å²) in [5.41, 5.74) is -2.60. The Balaban J connectivity index is 1.58. The van der Waals surface area contributed by atoms with Gasteiger partial charge in [0.25, 0.3) is 11.5 Å². The van der Waals surface area contributed by atoms with Crippen LogP contribution in [0.4, 0.5) is 18.9 Å². The number of nitrogens with zero attached hydrogens (tertiary/aromatic N) is 2. The molecule has 244 valence electrons. The number of rotatable bonds is 12. The summed E-state index contributed by atoms with van der Waals surface area (Å²) >= 11 is 0. The van der Waals surface area contributed by atoms with E-state index in [9.17, 15) is 37.1 Å². The van der Waals surface area contributed by atoms with Crippen molar-refractivity contribution in [3.63, 3.8) is 0 Å². The van der Waals surface area contributed by atoms with Gasteiger partial charge in [0.2, 0.25) is 11.8 Å². The molecule has 1 aliphatic heterocycles. The van der Waals surface area contributed by atoms with E-state index in [0.29, 0.717) is 29.8 Å². The summed E-state index contributed by atoms with van der Waals surface area (Å²) in [6.45, 7) is 3.41. The first-order valence-corrected chi connectivity index (χ1v) is 14.4. The molecule has 1 aliphatic rings. The standard InChI is InChI=1S/C31H32F3N5O7/c1-3-25(39-16-21(31(32,33)34)15-24(30(39)44)37-28(42)23-13-18(2)46-38-23)29(43)36-22(14-20-11-12-35-27(20)41)9-10-26(40)45-17-19-7-5-4-6-8-19/h4-10,13,15-16,20,22,25H,3,11-12,14,17H2,1-2H3,(H,35,41)(H,36,43)(H,37,42)/b10-9+/t20-,22+,25-/m0/s1. The van der Waals surface area contributed by atoms with Crippen LogP contribution in [0.15, 0.2) is 70.1 Å². The number of carbonyl (C=O) groups excluding carboxylic acids is 4. The molecule has 1 fully saturated rings. The Kier molecular flexibility index (Phi) is 10.8. The van der Waals surface area contributed by atoms with Gasteiger partial charge in [0.05, 0.1) is 5.56 Å². The highest BCUT2D eigenvalue weighted by molar-refractivity contribution is 6.02. The van der Waals surface area contributed by atoms with E-state index in [4.69, 9.17) is 9.26 Å². The van der Waals surface area contributed by atoms with E-state index in [-0.39, 0.29) is 36.8 Å². The molecule has 3 atom stereocenters. The first-order valence-electron chi connectivity index (χ1n) is 14.4. The van der Waals surface area contributed by atoms with Crippen molar-refractivity contribution in [3.8, 4) is 0 Å². The number of halogens is 3. The lowest BCUT2D eigenvalue weighted by molar-refractivity contribution is -0.139. The maximum Gasteiger partial charge on any atom is 0.417 e. The second kappa shape index (κ2) is 14.7. The van der Waals surface area contributed by atoms with Crippen molar-refractivity contribution in [2.45, 2.75) is 58.0 Å². The second-order valence-electron chi connectivity index (χ2n) is 10.6. The fourth-order valence-corrected chi connectivity index (χ4v) is 4.86. The van der Waals surface area contributed by atoms with Gasteiger partial charge < -0.3 is 29.8 Å². The zero-order valence-electron chi connectivity index (χ0n) is 24.9. The molecule has 1 aromatic carbocycles. The number of amides is 3. The van der Waals surface area contributed by atoms with Crippen LogP contribution in [0, 0.1) is 12.8 Å². The molecule has 3 aromatic rings. The van der Waals surface area contributed by atoms with Crippen molar-refractivity contribution in [2.75, 3.05) is 11.9 Å². The number of benzene rings is 1. The van der Waals surface area contributed by atoms with Gasteiger partial charge in [-0.25, -0.2) is 4.79 Å². The van der Waals surface area contributed by atoms with Crippen LogP contribution in [0.3, 0.4) is 0 Å². The summed E-state index contributed by atoms with van der Waals surface area (Å²) < 4.78 is 52.3. The fourth-order valence-electron chi connectivity index (χ4n) is 4.86. The van der Waals surface area contributed by atoms with Crippen LogP contribution in [-0.4, -0.2) is 46.0 Å². The van der Waals surface area contributed by atoms with Gasteiger partial charge >= 0.3 is 12.1 Å². The average molecular weight is 644 g/mol. The van der Waals surface area contributed by atoms with Gasteiger partial charge in [-0.2, -0.15) is 13.2 Å². The third-order valence-corrected chi connectivity index (χ3v) is 7.22. The largest absolute Gasteiger partial charge is 0.458 e. The predicted octanol–water partition coefficient (Wildman–Crippen LogP) is 3.68. The number of hydrogen-bond donors (Lipinski definition) is 3. The van der Waals surface area contributed by atoms with Crippen molar-refractivity contribution < 1.29 is 41.6 Å². The van der Waals surface area contributed by atoms with Gasteiger partial charge in [0.15, 0.2) is 5.69 Å². The van der Waals surface area contributed by atoms with E-state index in [1.165, 1.54) is 26.0 Å². The van der Waals surface area contributed by atoms with Crippen molar-refractivity contribution in [1.82, 2.24) is 20.4 Å². The third kappa shape index (κ3) is 8.70. The van der Waals surface area contributed by atoms with Gasteiger partial charge in [-0.05, 0) is 37.8 Å². The van der Waals surface area contributed by atoms with Gasteiger partial charge in [-0.1, -0.05) is 48.5 Å². The molecule has 15 heteroatoms. The second-order valence-corrected chi connectivity index (χ2v) is 10.6. The van der Waals surface area contributed by atoms with E-state index in [2.05, 4.69) is 21.1 Å². The number of carbonyl (C=O) groups is 4. The van der Waals surface area contributed by atoms with Crippen LogP contribution in [0.2, 0.25) is 0 Å². The molecule has 3 N–H and O–H groups in total. The van der Waals surface area contributed by atoms with Gasteiger partial charge in [0.1, 0.15) is 24.1 Å². The Hall–Kier alpha value is -5.21. The molecule has 0 radical (unpaired) electrons. The molecule has 1 saturated heterocycles. The molecule has 0 saturated carbocycles. The van der Waals surface area contributed by atoms with E-state index in [0.717, 1.165) is 11.6 Å².